The van der Waals surface area contributed by atoms with Crippen LogP contribution in [0.25, 0.3) is 0 Å². The molecule has 0 bridgehead atoms. The van der Waals surface area contributed by atoms with E-state index in [-0.39, 0.29) is 24.5 Å². The molecule has 2 rings (SSSR count). The normalized spacial score (nSPS) is 25.1. The minimum atomic E-state index is -2.56. The molecule has 1 aromatic rings. The highest BCUT2D eigenvalue weighted by molar-refractivity contribution is 5.35. The number of hydrogen-bond acceptors (Lipinski definition) is 1. The van der Waals surface area contributed by atoms with E-state index < -0.39 is 5.92 Å². The molecule has 1 N–H and O–H groups in total. The van der Waals surface area contributed by atoms with E-state index in [1.165, 1.54) is 0 Å². The minimum absolute atomic E-state index is 0.0168. The number of benzene rings is 1. The SMILES string of the molecule is Oc1ccccc1C1CCCC(F)(F)C1. The van der Waals surface area contributed by atoms with Crippen molar-refractivity contribution >= 4 is 0 Å². The lowest BCUT2D eigenvalue weighted by Crippen LogP contribution is -2.24. The first kappa shape index (κ1) is 10.4. The highest BCUT2D eigenvalue weighted by Gasteiger charge is 2.37. The number of halogens is 2. The molecule has 0 spiro atoms. The third-order valence-corrected chi connectivity index (χ3v) is 3.02. The molecule has 1 atom stereocenters. The summed E-state index contributed by atoms with van der Waals surface area (Å²) in [6, 6.07) is 6.78. The molecule has 1 aliphatic carbocycles. The summed E-state index contributed by atoms with van der Waals surface area (Å²) in [5, 5.41) is 9.59. The maximum Gasteiger partial charge on any atom is 0.248 e. The summed E-state index contributed by atoms with van der Waals surface area (Å²) in [6.45, 7) is 0. The van der Waals surface area contributed by atoms with Gasteiger partial charge in [0.15, 0.2) is 0 Å². The van der Waals surface area contributed by atoms with Gasteiger partial charge < -0.3 is 5.11 Å². The van der Waals surface area contributed by atoms with Gasteiger partial charge in [-0.3, -0.25) is 0 Å². The fourth-order valence-corrected chi connectivity index (χ4v) is 2.27. The van der Waals surface area contributed by atoms with Crippen LogP contribution < -0.4 is 0 Å². The van der Waals surface area contributed by atoms with Gasteiger partial charge in [0.1, 0.15) is 5.75 Å². The Morgan fingerprint density at radius 1 is 1.27 bits per heavy atom. The highest BCUT2D eigenvalue weighted by Crippen LogP contribution is 2.43. The summed E-state index contributed by atoms with van der Waals surface area (Å²) in [5.41, 5.74) is 0.664. The van der Waals surface area contributed by atoms with Crippen LogP contribution in [0.4, 0.5) is 8.78 Å². The summed E-state index contributed by atoms with van der Waals surface area (Å²) < 4.78 is 26.4. The molecule has 0 saturated heterocycles. The number of phenolic OH excluding ortho intramolecular Hbond substituents is 1. The predicted molar refractivity (Wildman–Crippen MR) is 54.3 cm³/mol. The van der Waals surface area contributed by atoms with Gasteiger partial charge in [-0.05, 0) is 30.4 Å². The fraction of sp³-hybridized carbons (Fsp3) is 0.500. The standard InChI is InChI=1S/C12H14F2O/c13-12(14)7-3-4-9(8-12)10-5-1-2-6-11(10)15/h1-2,5-6,9,15H,3-4,7-8H2. The van der Waals surface area contributed by atoms with Crippen LogP contribution in [0.3, 0.4) is 0 Å². The van der Waals surface area contributed by atoms with Crippen molar-refractivity contribution in [3.8, 4) is 5.75 Å². The molecule has 82 valence electrons. The molecule has 3 heteroatoms. The molecular formula is C12H14F2O. The van der Waals surface area contributed by atoms with E-state index in [4.69, 9.17) is 0 Å². The van der Waals surface area contributed by atoms with Crippen molar-refractivity contribution in [3.63, 3.8) is 0 Å². The molecule has 15 heavy (non-hydrogen) atoms. The number of para-hydroxylation sites is 1. The number of rotatable bonds is 1. The average molecular weight is 212 g/mol. The van der Waals surface area contributed by atoms with E-state index in [0.29, 0.717) is 12.0 Å². The summed E-state index contributed by atoms with van der Waals surface area (Å²) in [7, 11) is 0. The second-order valence-electron chi connectivity index (χ2n) is 4.21. The third kappa shape index (κ3) is 2.28. The van der Waals surface area contributed by atoms with Gasteiger partial charge in [0.25, 0.3) is 0 Å². The van der Waals surface area contributed by atoms with E-state index in [2.05, 4.69) is 0 Å². The first-order valence-corrected chi connectivity index (χ1v) is 5.24. The van der Waals surface area contributed by atoms with E-state index in [1.54, 1.807) is 24.3 Å². The van der Waals surface area contributed by atoms with Crippen molar-refractivity contribution < 1.29 is 13.9 Å². The molecule has 0 heterocycles. The van der Waals surface area contributed by atoms with Crippen molar-refractivity contribution in [2.75, 3.05) is 0 Å². The van der Waals surface area contributed by atoms with Gasteiger partial charge in [0.05, 0.1) is 0 Å². The number of hydrogen-bond donors (Lipinski definition) is 1. The molecule has 0 radical (unpaired) electrons. The number of aromatic hydroxyl groups is 1. The van der Waals surface area contributed by atoms with Crippen molar-refractivity contribution in [2.45, 2.75) is 37.5 Å². The van der Waals surface area contributed by atoms with Gasteiger partial charge in [0.2, 0.25) is 5.92 Å². The molecule has 1 nitrogen and oxygen atoms in total. The smallest absolute Gasteiger partial charge is 0.248 e. The van der Waals surface area contributed by atoms with Crippen LogP contribution >= 0.6 is 0 Å². The Morgan fingerprint density at radius 3 is 2.67 bits per heavy atom. The molecular weight excluding hydrogens is 198 g/mol. The van der Waals surface area contributed by atoms with Gasteiger partial charge in [-0.25, -0.2) is 8.78 Å². The maximum absolute atomic E-state index is 13.2. The number of alkyl halides is 2. The minimum Gasteiger partial charge on any atom is -0.508 e. The Balaban J connectivity index is 2.21. The molecule has 0 aromatic heterocycles. The zero-order valence-electron chi connectivity index (χ0n) is 8.42. The monoisotopic (exact) mass is 212 g/mol. The maximum atomic E-state index is 13.2. The molecule has 0 amide bonds. The molecule has 0 aliphatic heterocycles. The predicted octanol–water partition coefficient (Wildman–Crippen LogP) is 3.69. The van der Waals surface area contributed by atoms with Gasteiger partial charge in [-0.1, -0.05) is 18.2 Å². The average Bonchev–Trinajstić information content (AvgIpc) is 2.17. The zero-order chi connectivity index (χ0) is 10.9. The number of phenols is 1. The summed E-state index contributed by atoms with van der Waals surface area (Å²) in [5.74, 6) is -2.62. The Morgan fingerprint density at radius 2 is 2.00 bits per heavy atom. The van der Waals surface area contributed by atoms with Crippen LogP contribution in [0.1, 0.15) is 37.2 Å². The second kappa shape index (κ2) is 3.80. The summed E-state index contributed by atoms with van der Waals surface area (Å²) in [6.07, 6.45) is 1.13. The Hall–Kier alpha value is -1.12. The Bertz CT molecular complexity index is 349. The quantitative estimate of drug-likeness (QED) is 0.752. The first-order valence-electron chi connectivity index (χ1n) is 5.24. The Kier molecular flexibility index (Phi) is 2.63. The van der Waals surface area contributed by atoms with Gasteiger partial charge in [-0.2, -0.15) is 0 Å². The van der Waals surface area contributed by atoms with Crippen LogP contribution in [0.2, 0.25) is 0 Å². The van der Waals surface area contributed by atoms with E-state index in [1.807, 2.05) is 0 Å². The van der Waals surface area contributed by atoms with Gasteiger partial charge >= 0.3 is 0 Å². The molecule has 1 aromatic carbocycles. The van der Waals surface area contributed by atoms with Gasteiger partial charge in [0, 0.05) is 12.8 Å². The topological polar surface area (TPSA) is 20.2 Å². The van der Waals surface area contributed by atoms with Crippen LogP contribution in [-0.4, -0.2) is 11.0 Å². The Labute approximate surface area is 87.7 Å². The van der Waals surface area contributed by atoms with Crippen LogP contribution in [0, 0.1) is 0 Å². The summed E-state index contributed by atoms with van der Waals surface area (Å²) in [4.78, 5) is 0. The second-order valence-corrected chi connectivity index (χ2v) is 4.21. The van der Waals surface area contributed by atoms with Crippen molar-refractivity contribution in [1.29, 1.82) is 0 Å². The highest BCUT2D eigenvalue weighted by atomic mass is 19.3. The van der Waals surface area contributed by atoms with Crippen LogP contribution in [0.15, 0.2) is 24.3 Å². The van der Waals surface area contributed by atoms with Gasteiger partial charge in [-0.15, -0.1) is 0 Å². The lowest BCUT2D eigenvalue weighted by molar-refractivity contribution is -0.0409. The fourth-order valence-electron chi connectivity index (χ4n) is 2.27. The first-order chi connectivity index (χ1) is 7.08. The van der Waals surface area contributed by atoms with Crippen LogP contribution in [0.5, 0.6) is 5.75 Å². The lowest BCUT2D eigenvalue weighted by atomic mass is 9.81. The van der Waals surface area contributed by atoms with Crippen molar-refractivity contribution in [3.05, 3.63) is 29.8 Å². The van der Waals surface area contributed by atoms with E-state index >= 15 is 0 Å². The lowest BCUT2D eigenvalue weighted by Gasteiger charge is -2.29. The third-order valence-electron chi connectivity index (χ3n) is 3.02. The summed E-state index contributed by atoms with van der Waals surface area (Å²) >= 11 is 0. The zero-order valence-corrected chi connectivity index (χ0v) is 8.42. The van der Waals surface area contributed by atoms with E-state index in [9.17, 15) is 13.9 Å². The van der Waals surface area contributed by atoms with E-state index in [0.717, 1.165) is 6.42 Å². The van der Waals surface area contributed by atoms with Crippen LogP contribution in [-0.2, 0) is 0 Å². The molecule has 1 aliphatic rings. The molecule has 1 unspecified atom stereocenters. The largest absolute Gasteiger partial charge is 0.508 e. The van der Waals surface area contributed by atoms with Crippen molar-refractivity contribution in [1.82, 2.24) is 0 Å². The van der Waals surface area contributed by atoms with Crippen molar-refractivity contribution in [2.24, 2.45) is 0 Å². The molecule has 1 saturated carbocycles. The molecule has 1 fully saturated rings.